The lowest BCUT2D eigenvalue weighted by molar-refractivity contribution is -0.142. The summed E-state index contributed by atoms with van der Waals surface area (Å²) in [5.41, 5.74) is 1.49. The Morgan fingerprint density at radius 2 is 2.14 bits per heavy atom. The monoisotopic (exact) mass is 289 g/mol. The van der Waals surface area contributed by atoms with Gasteiger partial charge in [-0.05, 0) is 12.5 Å². The minimum atomic E-state index is -0.994. The third kappa shape index (κ3) is 3.81. The molecule has 0 bridgehead atoms. The van der Waals surface area contributed by atoms with Crippen LogP contribution in [0.1, 0.15) is 31.9 Å². The van der Waals surface area contributed by atoms with E-state index >= 15 is 0 Å². The molecule has 112 valence electrons. The van der Waals surface area contributed by atoms with Gasteiger partial charge in [-0.3, -0.25) is 9.89 Å². The molecule has 21 heavy (non-hydrogen) atoms. The Hall–Kier alpha value is -2.37. The molecule has 2 aromatic rings. The molecule has 2 rings (SSSR count). The summed E-state index contributed by atoms with van der Waals surface area (Å²) in [6, 6.07) is 6.66. The van der Waals surface area contributed by atoms with Gasteiger partial charge in [-0.25, -0.2) is 4.79 Å². The molecule has 6 nitrogen and oxygen atoms in total. The van der Waals surface area contributed by atoms with Crippen molar-refractivity contribution in [1.82, 2.24) is 15.5 Å². The Labute approximate surface area is 122 Å². The number of hydrogen-bond donors (Lipinski definition) is 3. The Morgan fingerprint density at radius 3 is 2.86 bits per heavy atom. The van der Waals surface area contributed by atoms with Crippen LogP contribution in [0.4, 0.5) is 0 Å². The number of carboxylic acids is 1. The van der Waals surface area contributed by atoms with Gasteiger partial charge in [-0.15, -0.1) is 0 Å². The fraction of sp³-hybridized carbons (Fsp3) is 0.400. The Bertz CT molecular complexity index is 636. The number of carbonyl (C=O) groups is 2. The van der Waals surface area contributed by atoms with E-state index in [-0.39, 0.29) is 12.3 Å². The molecule has 0 spiro atoms. The maximum absolute atomic E-state index is 12.0. The fourth-order valence-corrected chi connectivity index (χ4v) is 2.22. The molecule has 0 aliphatic heterocycles. The van der Waals surface area contributed by atoms with Gasteiger partial charge in [0.1, 0.15) is 6.04 Å². The van der Waals surface area contributed by atoms with Crippen LogP contribution in [0.2, 0.25) is 0 Å². The van der Waals surface area contributed by atoms with Gasteiger partial charge in [-0.1, -0.05) is 38.0 Å². The van der Waals surface area contributed by atoms with Crippen molar-refractivity contribution in [2.24, 2.45) is 0 Å². The van der Waals surface area contributed by atoms with E-state index in [1.807, 2.05) is 31.2 Å². The number of unbranched alkanes of at least 4 members (excludes halogenated alkanes) is 1. The molecule has 0 saturated heterocycles. The van der Waals surface area contributed by atoms with Gasteiger partial charge in [0.05, 0.1) is 17.6 Å². The van der Waals surface area contributed by atoms with E-state index in [1.165, 1.54) is 0 Å². The smallest absolute Gasteiger partial charge is 0.326 e. The predicted molar refractivity (Wildman–Crippen MR) is 78.9 cm³/mol. The molecule has 3 N–H and O–H groups in total. The lowest BCUT2D eigenvalue weighted by atomic mass is 10.1. The SMILES string of the molecule is CCCCC(NC(=O)Cc1[nH]nc2ccccc12)C(=O)O. The number of aromatic nitrogens is 2. The lowest BCUT2D eigenvalue weighted by Crippen LogP contribution is -2.41. The van der Waals surface area contributed by atoms with E-state index in [9.17, 15) is 9.59 Å². The zero-order valence-electron chi connectivity index (χ0n) is 11.9. The Kier molecular flexibility index (Phi) is 4.92. The zero-order valence-corrected chi connectivity index (χ0v) is 11.9. The molecule has 0 saturated carbocycles. The molecular formula is C15H19N3O3. The van der Waals surface area contributed by atoms with Crippen LogP contribution in [0, 0.1) is 0 Å². The van der Waals surface area contributed by atoms with Gasteiger partial charge in [0.15, 0.2) is 0 Å². The minimum Gasteiger partial charge on any atom is -0.480 e. The highest BCUT2D eigenvalue weighted by Crippen LogP contribution is 2.15. The van der Waals surface area contributed by atoms with Gasteiger partial charge in [0, 0.05) is 5.39 Å². The number of para-hydroxylation sites is 1. The fourth-order valence-electron chi connectivity index (χ4n) is 2.22. The summed E-state index contributed by atoms with van der Waals surface area (Å²) in [5, 5.41) is 19.5. The van der Waals surface area contributed by atoms with Crippen LogP contribution < -0.4 is 5.32 Å². The quantitative estimate of drug-likeness (QED) is 0.725. The standard InChI is InChI=1S/C15H19N3O3/c1-2-3-7-12(15(20)21)16-14(19)9-13-10-6-4-5-8-11(10)17-18-13/h4-6,8,12H,2-3,7,9H2,1H3,(H,16,19)(H,17,18)(H,20,21). The normalized spacial score (nSPS) is 12.2. The van der Waals surface area contributed by atoms with E-state index in [2.05, 4.69) is 15.5 Å². The summed E-state index contributed by atoms with van der Waals surface area (Å²) in [7, 11) is 0. The van der Waals surface area contributed by atoms with Crippen LogP contribution in [0.15, 0.2) is 24.3 Å². The Morgan fingerprint density at radius 1 is 1.38 bits per heavy atom. The predicted octanol–water partition coefficient (Wildman–Crippen LogP) is 1.86. The first kappa shape index (κ1) is 15.0. The van der Waals surface area contributed by atoms with Crippen LogP contribution in [-0.2, 0) is 16.0 Å². The summed E-state index contributed by atoms with van der Waals surface area (Å²) in [5.74, 6) is -1.31. The van der Waals surface area contributed by atoms with Crippen LogP contribution in [0.25, 0.3) is 10.9 Å². The van der Waals surface area contributed by atoms with Crippen molar-refractivity contribution in [1.29, 1.82) is 0 Å². The lowest BCUT2D eigenvalue weighted by Gasteiger charge is -2.13. The second kappa shape index (κ2) is 6.88. The van der Waals surface area contributed by atoms with Crippen molar-refractivity contribution in [3.8, 4) is 0 Å². The number of benzene rings is 1. The van der Waals surface area contributed by atoms with Crippen molar-refractivity contribution in [2.45, 2.75) is 38.6 Å². The van der Waals surface area contributed by atoms with Crippen LogP contribution in [0.5, 0.6) is 0 Å². The third-order valence-electron chi connectivity index (χ3n) is 3.36. The molecule has 0 aliphatic carbocycles. The van der Waals surface area contributed by atoms with E-state index < -0.39 is 12.0 Å². The maximum atomic E-state index is 12.0. The number of carbonyl (C=O) groups excluding carboxylic acids is 1. The molecular weight excluding hydrogens is 270 g/mol. The van der Waals surface area contributed by atoms with Crippen LogP contribution in [0.3, 0.4) is 0 Å². The highest BCUT2D eigenvalue weighted by atomic mass is 16.4. The molecule has 0 aliphatic rings. The van der Waals surface area contributed by atoms with Gasteiger partial charge in [-0.2, -0.15) is 5.10 Å². The minimum absolute atomic E-state index is 0.0937. The molecule has 1 unspecified atom stereocenters. The molecule has 6 heteroatoms. The number of nitrogens with one attached hydrogen (secondary N) is 2. The molecule has 1 amide bonds. The first-order valence-electron chi connectivity index (χ1n) is 7.06. The third-order valence-corrected chi connectivity index (χ3v) is 3.36. The van der Waals surface area contributed by atoms with E-state index in [4.69, 9.17) is 5.11 Å². The molecule has 1 aromatic heterocycles. The average Bonchev–Trinajstić information content (AvgIpc) is 2.86. The number of aromatic amines is 1. The molecule has 0 radical (unpaired) electrons. The van der Waals surface area contributed by atoms with Gasteiger partial charge >= 0.3 is 5.97 Å². The van der Waals surface area contributed by atoms with Crippen molar-refractivity contribution in [3.05, 3.63) is 30.0 Å². The molecule has 1 atom stereocenters. The summed E-state index contributed by atoms with van der Waals surface area (Å²) in [4.78, 5) is 23.1. The van der Waals surface area contributed by atoms with Crippen molar-refractivity contribution in [3.63, 3.8) is 0 Å². The number of amides is 1. The van der Waals surface area contributed by atoms with Crippen molar-refractivity contribution < 1.29 is 14.7 Å². The average molecular weight is 289 g/mol. The topological polar surface area (TPSA) is 95.1 Å². The van der Waals surface area contributed by atoms with E-state index in [1.54, 1.807) is 0 Å². The van der Waals surface area contributed by atoms with Crippen molar-refractivity contribution in [2.75, 3.05) is 0 Å². The number of nitrogens with zero attached hydrogens (tertiary/aromatic N) is 1. The van der Waals surface area contributed by atoms with Gasteiger partial charge in [0.2, 0.25) is 5.91 Å². The second-order valence-electron chi connectivity index (χ2n) is 5.00. The summed E-state index contributed by atoms with van der Waals surface area (Å²) < 4.78 is 0. The number of fused-ring (bicyclic) bond motifs is 1. The molecule has 1 aromatic carbocycles. The number of H-pyrrole nitrogens is 1. The molecule has 1 heterocycles. The van der Waals surface area contributed by atoms with Crippen LogP contribution >= 0.6 is 0 Å². The highest BCUT2D eigenvalue weighted by Gasteiger charge is 2.20. The van der Waals surface area contributed by atoms with E-state index in [0.29, 0.717) is 12.1 Å². The molecule has 0 fully saturated rings. The number of hydrogen-bond acceptors (Lipinski definition) is 3. The number of carboxylic acid groups (broad SMARTS) is 1. The largest absolute Gasteiger partial charge is 0.480 e. The van der Waals surface area contributed by atoms with Crippen molar-refractivity contribution >= 4 is 22.8 Å². The first-order valence-corrected chi connectivity index (χ1v) is 7.06. The maximum Gasteiger partial charge on any atom is 0.326 e. The summed E-state index contributed by atoms with van der Waals surface area (Å²) >= 11 is 0. The zero-order chi connectivity index (χ0) is 15.2. The summed E-state index contributed by atoms with van der Waals surface area (Å²) in [6.07, 6.45) is 2.20. The number of rotatable bonds is 7. The number of aliphatic carboxylic acids is 1. The van der Waals surface area contributed by atoms with E-state index in [0.717, 1.165) is 23.7 Å². The second-order valence-corrected chi connectivity index (χ2v) is 5.00. The highest BCUT2D eigenvalue weighted by molar-refractivity contribution is 5.89. The Balaban J connectivity index is 2.02. The first-order chi connectivity index (χ1) is 10.1. The van der Waals surface area contributed by atoms with Gasteiger partial charge in [0.25, 0.3) is 0 Å². The summed E-state index contributed by atoms with van der Waals surface area (Å²) in [6.45, 7) is 1.98. The van der Waals surface area contributed by atoms with Gasteiger partial charge < -0.3 is 10.4 Å². The van der Waals surface area contributed by atoms with Crippen LogP contribution in [-0.4, -0.2) is 33.2 Å².